The van der Waals surface area contributed by atoms with E-state index in [4.69, 9.17) is 14.3 Å². The molecular formula is C20H35NO5. The number of amides is 1. The zero-order valence-corrected chi connectivity index (χ0v) is 17.2. The van der Waals surface area contributed by atoms with Gasteiger partial charge in [-0.3, -0.25) is 14.4 Å². The van der Waals surface area contributed by atoms with Gasteiger partial charge in [-0.05, 0) is 39.2 Å². The van der Waals surface area contributed by atoms with Gasteiger partial charge in [0.1, 0.15) is 5.60 Å². The van der Waals surface area contributed by atoms with Crippen LogP contribution in [0.3, 0.4) is 0 Å². The van der Waals surface area contributed by atoms with E-state index < -0.39 is 0 Å². The van der Waals surface area contributed by atoms with E-state index in [9.17, 15) is 9.59 Å². The van der Waals surface area contributed by atoms with Crippen molar-refractivity contribution in [3.05, 3.63) is 37.0 Å². The summed E-state index contributed by atoms with van der Waals surface area (Å²) in [6, 6.07) is 0. The average molecular weight is 370 g/mol. The van der Waals surface area contributed by atoms with Crippen LogP contribution in [0.1, 0.15) is 47.0 Å². The van der Waals surface area contributed by atoms with Crippen LogP contribution in [-0.2, 0) is 23.9 Å². The van der Waals surface area contributed by atoms with Crippen LogP contribution < -0.4 is 0 Å². The lowest BCUT2D eigenvalue weighted by atomic mass is 10.2. The normalized spacial score (nSPS) is 11.1. The fraction of sp³-hybridized carbons (Fsp3) is 0.600. The Kier molecular flexibility index (Phi) is 15.5. The van der Waals surface area contributed by atoms with Crippen LogP contribution in [0.15, 0.2) is 37.0 Å². The molecule has 0 bridgehead atoms. The van der Waals surface area contributed by atoms with Gasteiger partial charge in [-0.25, -0.2) is 5.06 Å². The third-order valence-electron chi connectivity index (χ3n) is 2.87. The largest absolute Gasteiger partial charge is 0.460 e. The van der Waals surface area contributed by atoms with Crippen molar-refractivity contribution < 1.29 is 23.9 Å². The molecule has 0 radical (unpaired) electrons. The van der Waals surface area contributed by atoms with Crippen molar-refractivity contribution in [2.45, 2.75) is 52.6 Å². The first kappa shape index (κ1) is 26.3. The molecule has 0 atom stereocenters. The fourth-order valence-corrected chi connectivity index (χ4v) is 1.69. The Hall–Kier alpha value is -1.92. The predicted molar refractivity (Wildman–Crippen MR) is 104 cm³/mol. The zero-order valence-electron chi connectivity index (χ0n) is 17.2. The van der Waals surface area contributed by atoms with E-state index in [0.717, 1.165) is 18.4 Å². The first-order valence-electron chi connectivity index (χ1n) is 8.59. The third kappa shape index (κ3) is 18.4. The zero-order chi connectivity index (χ0) is 20.6. The van der Waals surface area contributed by atoms with Gasteiger partial charge in [0.25, 0.3) is 0 Å². The Bertz CT molecular complexity index is 463. The molecule has 0 rings (SSSR count). The van der Waals surface area contributed by atoms with Gasteiger partial charge in [-0.15, -0.1) is 0 Å². The monoisotopic (exact) mass is 369 g/mol. The quantitative estimate of drug-likeness (QED) is 0.253. The van der Waals surface area contributed by atoms with Crippen LogP contribution in [0.2, 0.25) is 0 Å². The Morgan fingerprint density at radius 1 is 1.15 bits per heavy atom. The molecule has 0 saturated carbocycles. The summed E-state index contributed by atoms with van der Waals surface area (Å²) < 4.78 is 10.3. The highest BCUT2D eigenvalue weighted by atomic mass is 16.7. The summed E-state index contributed by atoms with van der Waals surface area (Å²) in [5.74, 6) is -0.242. The number of hydrogen-bond donors (Lipinski definition) is 0. The summed E-state index contributed by atoms with van der Waals surface area (Å²) in [5, 5.41) is 1.24. The standard InChI is InChI=1S/C14H23NO3.C6H12O2/c1-5-9-13(6-2)12-18-11-8-7-10-14(16)15(3)17-4;1-5(7)8-6(2,3)4/h5-6,9H,1-2,7-8,10-12H2,3-4H3;1-4H3/b13-9+;. The minimum atomic E-state index is -0.328. The molecule has 0 N–H and O–H groups in total. The molecule has 150 valence electrons. The first-order chi connectivity index (χ1) is 12.1. The second kappa shape index (κ2) is 15.3. The van der Waals surface area contributed by atoms with Gasteiger partial charge in [0.15, 0.2) is 0 Å². The maximum absolute atomic E-state index is 11.4. The van der Waals surface area contributed by atoms with E-state index in [1.54, 1.807) is 19.2 Å². The number of esters is 1. The van der Waals surface area contributed by atoms with Crippen molar-refractivity contribution >= 4 is 11.9 Å². The van der Waals surface area contributed by atoms with Crippen LogP contribution >= 0.6 is 0 Å². The second-order valence-corrected chi connectivity index (χ2v) is 6.47. The smallest absolute Gasteiger partial charge is 0.303 e. The van der Waals surface area contributed by atoms with Gasteiger partial charge in [0.2, 0.25) is 5.91 Å². The van der Waals surface area contributed by atoms with E-state index in [0.29, 0.717) is 19.6 Å². The van der Waals surface area contributed by atoms with Gasteiger partial charge in [-0.2, -0.15) is 0 Å². The van der Waals surface area contributed by atoms with Crippen molar-refractivity contribution in [1.29, 1.82) is 0 Å². The predicted octanol–water partition coefficient (Wildman–Crippen LogP) is 3.84. The number of allylic oxidation sites excluding steroid dienone is 2. The molecular weight excluding hydrogens is 334 g/mol. The van der Waals surface area contributed by atoms with Crippen LogP contribution in [0, 0.1) is 0 Å². The molecule has 6 heteroatoms. The number of nitrogens with zero attached hydrogens (tertiary/aromatic N) is 1. The SMILES string of the molecule is C=C/C=C(\C=C)COCCCCC(=O)N(C)OC.CC(=O)OC(C)(C)C. The van der Waals surface area contributed by atoms with Gasteiger partial charge in [0, 0.05) is 27.0 Å². The van der Waals surface area contributed by atoms with Crippen molar-refractivity contribution in [2.75, 3.05) is 27.4 Å². The number of carbonyl (C=O) groups excluding carboxylic acids is 2. The van der Waals surface area contributed by atoms with Crippen LogP contribution in [0.4, 0.5) is 0 Å². The minimum Gasteiger partial charge on any atom is -0.460 e. The molecule has 0 aromatic carbocycles. The molecule has 0 unspecified atom stereocenters. The summed E-state index contributed by atoms with van der Waals surface area (Å²) in [6.45, 7) is 15.4. The van der Waals surface area contributed by atoms with Crippen molar-refractivity contribution in [3.63, 3.8) is 0 Å². The van der Waals surface area contributed by atoms with Gasteiger partial charge in [-0.1, -0.05) is 31.4 Å². The lowest BCUT2D eigenvalue weighted by Crippen LogP contribution is -2.25. The molecule has 26 heavy (non-hydrogen) atoms. The second-order valence-electron chi connectivity index (χ2n) is 6.47. The maximum atomic E-state index is 11.4. The molecule has 0 fully saturated rings. The summed E-state index contributed by atoms with van der Waals surface area (Å²) in [5.41, 5.74) is 0.673. The highest BCUT2D eigenvalue weighted by Gasteiger charge is 2.11. The molecule has 0 heterocycles. The number of carbonyl (C=O) groups is 2. The first-order valence-corrected chi connectivity index (χ1v) is 8.59. The number of unbranched alkanes of at least 4 members (excludes halogenated alkanes) is 1. The van der Waals surface area contributed by atoms with Gasteiger partial charge >= 0.3 is 5.97 Å². The lowest BCUT2D eigenvalue weighted by Gasteiger charge is -2.17. The van der Waals surface area contributed by atoms with Crippen LogP contribution in [0.25, 0.3) is 0 Å². The third-order valence-corrected chi connectivity index (χ3v) is 2.87. The topological polar surface area (TPSA) is 65.1 Å². The molecule has 0 aromatic heterocycles. The Morgan fingerprint density at radius 2 is 1.77 bits per heavy atom. The number of hydroxylamine groups is 2. The molecule has 0 aliphatic heterocycles. The maximum Gasteiger partial charge on any atom is 0.303 e. The van der Waals surface area contributed by atoms with E-state index in [1.165, 1.54) is 19.1 Å². The number of ether oxygens (including phenoxy) is 2. The molecule has 6 nitrogen and oxygen atoms in total. The Labute approximate surface area is 158 Å². The van der Waals surface area contributed by atoms with E-state index in [-0.39, 0.29) is 17.5 Å². The highest BCUT2D eigenvalue weighted by Crippen LogP contribution is 2.05. The number of rotatable bonds is 10. The summed E-state index contributed by atoms with van der Waals surface area (Å²) in [7, 11) is 3.08. The summed E-state index contributed by atoms with van der Waals surface area (Å²) in [4.78, 5) is 26.4. The Balaban J connectivity index is 0. The van der Waals surface area contributed by atoms with Crippen molar-refractivity contribution in [1.82, 2.24) is 5.06 Å². The van der Waals surface area contributed by atoms with Crippen molar-refractivity contribution in [2.24, 2.45) is 0 Å². The fourth-order valence-electron chi connectivity index (χ4n) is 1.69. The van der Waals surface area contributed by atoms with E-state index >= 15 is 0 Å². The van der Waals surface area contributed by atoms with E-state index in [1.807, 2.05) is 26.8 Å². The molecule has 0 aliphatic rings. The molecule has 0 aromatic rings. The molecule has 0 saturated heterocycles. The van der Waals surface area contributed by atoms with Gasteiger partial charge in [0.05, 0.1) is 13.7 Å². The highest BCUT2D eigenvalue weighted by molar-refractivity contribution is 5.74. The van der Waals surface area contributed by atoms with Gasteiger partial charge < -0.3 is 9.47 Å². The summed E-state index contributed by atoms with van der Waals surface area (Å²) >= 11 is 0. The van der Waals surface area contributed by atoms with Crippen molar-refractivity contribution in [3.8, 4) is 0 Å². The molecule has 0 aliphatic carbocycles. The Morgan fingerprint density at radius 3 is 2.15 bits per heavy atom. The molecule has 0 spiro atoms. The average Bonchev–Trinajstić information content (AvgIpc) is 2.54. The minimum absolute atomic E-state index is 0.0177. The van der Waals surface area contributed by atoms with Crippen LogP contribution in [0.5, 0.6) is 0 Å². The van der Waals surface area contributed by atoms with E-state index in [2.05, 4.69) is 13.2 Å². The number of hydrogen-bond acceptors (Lipinski definition) is 5. The lowest BCUT2D eigenvalue weighted by molar-refractivity contribution is -0.168. The summed E-state index contributed by atoms with van der Waals surface area (Å²) in [6.07, 6.45) is 7.44. The molecule has 1 amide bonds. The van der Waals surface area contributed by atoms with Crippen LogP contribution in [-0.4, -0.2) is 49.9 Å².